The first-order chi connectivity index (χ1) is 1.73. The Morgan fingerprint density at radius 2 is 1.33 bits per heavy atom. The SMILES string of the molecule is O=C(S)S.[H-].[H-].[Na+].[Na+]. The molecule has 6 heavy (non-hydrogen) atoms. The van der Waals surface area contributed by atoms with Crippen molar-refractivity contribution in [3.63, 3.8) is 0 Å². The van der Waals surface area contributed by atoms with Crippen LogP contribution in [-0.2, 0) is 0 Å². The van der Waals surface area contributed by atoms with E-state index in [2.05, 4.69) is 25.3 Å². The third kappa shape index (κ3) is 32.7. The van der Waals surface area contributed by atoms with E-state index >= 15 is 0 Å². The Balaban J connectivity index is -0.00000000750. The molecule has 0 aromatic heterocycles. The molecule has 0 aliphatic heterocycles. The van der Waals surface area contributed by atoms with Crippen LogP contribution >= 0.6 is 25.3 Å². The van der Waals surface area contributed by atoms with Gasteiger partial charge in [-0.1, -0.05) is 25.3 Å². The molecule has 0 fully saturated rings. The van der Waals surface area contributed by atoms with Crippen LogP contribution in [0.25, 0.3) is 0 Å². The first-order valence-corrected chi connectivity index (χ1v) is 1.55. The van der Waals surface area contributed by atoms with E-state index in [1.165, 1.54) is 0 Å². The Morgan fingerprint density at radius 1 is 1.33 bits per heavy atom. The predicted molar refractivity (Wildman–Crippen MR) is 25.6 cm³/mol. The molecular weight excluding hydrogens is 138 g/mol. The number of hydrogen-bond acceptors (Lipinski definition) is 1. The largest absolute Gasteiger partial charge is 1.00 e. The first kappa shape index (κ1) is 15.8. The Kier molecular flexibility index (Phi) is 27.2. The number of thiol groups is 2. The fourth-order valence-corrected chi connectivity index (χ4v) is 0. The molecule has 0 unspecified atom stereocenters. The van der Waals surface area contributed by atoms with Gasteiger partial charge in [-0.25, -0.2) is 0 Å². The van der Waals surface area contributed by atoms with Crippen LogP contribution in [0.3, 0.4) is 0 Å². The van der Waals surface area contributed by atoms with E-state index in [1.54, 1.807) is 0 Å². The van der Waals surface area contributed by atoms with Gasteiger partial charge in [0.15, 0.2) is 0 Å². The summed E-state index contributed by atoms with van der Waals surface area (Å²) in [6.07, 6.45) is 0. The summed E-state index contributed by atoms with van der Waals surface area (Å²) < 4.78 is -0.444. The Hall–Kier alpha value is 2.37. The maximum atomic E-state index is 9.17. The minimum absolute atomic E-state index is 0. The molecule has 0 radical (unpaired) electrons. The molecule has 0 aliphatic rings. The minimum Gasteiger partial charge on any atom is -1.00 e. The van der Waals surface area contributed by atoms with Gasteiger partial charge in [-0.15, -0.1) is 0 Å². The van der Waals surface area contributed by atoms with Gasteiger partial charge >= 0.3 is 59.1 Å². The molecule has 0 amide bonds. The van der Waals surface area contributed by atoms with Crippen LogP contribution in [-0.4, -0.2) is 4.45 Å². The standard InChI is InChI=1S/CH2OS2.2Na.2H/c2-1(3)4;;;;/h(H2,2,3,4);;;;/q;2*+1;2*-1. The monoisotopic (exact) mass is 142 g/mol. The van der Waals surface area contributed by atoms with Gasteiger partial charge in [0.2, 0.25) is 4.45 Å². The molecule has 0 aromatic rings. The molecule has 0 bridgehead atoms. The van der Waals surface area contributed by atoms with Gasteiger partial charge in [-0.3, -0.25) is 4.79 Å². The zero-order valence-corrected chi connectivity index (χ0v) is 9.59. The Morgan fingerprint density at radius 3 is 1.33 bits per heavy atom. The number of rotatable bonds is 0. The molecule has 0 atom stereocenters. The molecule has 0 heterocycles. The average molecular weight is 142 g/mol. The second kappa shape index (κ2) is 10.4. The summed E-state index contributed by atoms with van der Waals surface area (Å²) in [5, 5.41) is 0. The van der Waals surface area contributed by atoms with E-state index in [0.29, 0.717) is 0 Å². The van der Waals surface area contributed by atoms with Crippen molar-refractivity contribution in [3.05, 3.63) is 0 Å². The summed E-state index contributed by atoms with van der Waals surface area (Å²) in [6, 6.07) is 0. The van der Waals surface area contributed by atoms with Gasteiger partial charge in [0.1, 0.15) is 0 Å². The average Bonchev–Trinajstić information content (AvgIpc) is 0.811. The van der Waals surface area contributed by atoms with Crippen LogP contribution in [0.4, 0.5) is 4.79 Å². The van der Waals surface area contributed by atoms with Crippen LogP contribution in [0, 0.1) is 0 Å². The van der Waals surface area contributed by atoms with Crippen LogP contribution < -0.4 is 59.1 Å². The fourth-order valence-electron chi connectivity index (χ4n) is 0. The van der Waals surface area contributed by atoms with E-state index in [1.807, 2.05) is 0 Å². The summed E-state index contributed by atoms with van der Waals surface area (Å²) in [5.41, 5.74) is 0. The van der Waals surface area contributed by atoms with Gasteiger partial charge in [-0.2, -0.15) is 0 Å². The van der Waals surface area contributed by atoms with Gasteiger partial charge in [0.05, 0.1) is 0 Å². The molecule has 0 aliphatic carbocycles. The molecular formula is CH4Na2OS2. The predicted octanol–water partition coefficient (Wildman–Crippen LogP) is -4.80. The van der Waals surface area contributed by atoms with Crippen LogP contribution in [0.1, 0.15) is 2.85 Å². The zero-order chi connectivity index (χ0) is 3.58. The minimum atomic E-state index is -0.444. The second-order valence-electron chi connectivity index (χ2n) is 0.283. The Bertz CT molecular complexity index is 41.0. The molecule has 0 N–H and O–H groups in total. The van der Waals surface area contributed by atoms with Gasteiger partial charge in [0.25, 0.3) is 0 Å². The van der Waals surface area contributed by atoms with E-state index in [4.69, 9.17) is 0 Å². The van der Waals surface area contributed by atoms with Gasteiger partial charge in [0, 0.05) is 0 Å². The molecule has 1 nitrogen and oxygen atoms in total. The summed E-state index contributed by atoms with van der Waals surface area (Å²) in [5.74, 6) is 0. The van der Waals surface area contributed by atoms with Gasteiger partial charge < -0.3 is 2.85 Å². The molecule has 28 valence electrons. The second-order valence-corrected chi connectivity index (χ2v) is 1.45. The topological polar surface area (TPSA) is 17.1 Å². The number of hydrogen-bond donors (Lipinski definition) is 2. The molecule has 0 saturated heterocycles. The quantitative estimate of drug-likeness (QED) is 0.256. The molecule has 5 heteroatoms. The van der Waals surface area contributed by atoms with E-state index in [9.17, 15) is 4.79 Å². The van der Waals surface area contributed by atoms with Crippen molar-refractivity contribution in [1.82, 2.24) is 0 Å². The molecule has 0 saturated carbocycles. The fraction of sp³-hybridized carbons (Fsp3) is 0. The summed E-state index contributed by atoms with van der Waals surface area (Å²) in [6.45, 7) is 0. The van der Waals surface area contributed by atoms with E-state index in [-0.39, 0.29) is 62.0 Å². The molecule has 0 rings (SSSR count). The number of carbonyl (C=O) groups is 1. The maximum Gasteiger partial charge on any atom is 1.00 e. The Labute approximate surface area is 95.0 Å². The third-order valence-corrected chi connectivity index (χ3v) is 0. The van der Waals surface area contributed by atoms with Crippen LogP contribution in [0.2, 0.25) is 0 Å². The summed E-state index contributed by atoms with van der Waals surface area (Å²) in [7, 11) is 0. The van der Waals surface area contributed by atoms with Crippen molar-refractivity contribution in [2.75, 3.05) is 0 Å². The van der Waals surface area contributed by atoms with Crippen LogP contribution in [0.15, 0.2) is 0 Å². The summed E-state index contributed by atoms with van der Waals surface area (Å²) >= 11 is 6.38. The smallest absolute Gasteiger partial charge is 1.00 e. The number of carbonyl (C=O) groups excluding carboxylic acids is 1. The van der Waals surface area contributed by atoms with Crippen molar-refractivity contribution >= 4 is 29.7 Å². The van der Waals surface area contributed by atoms with Crippen molar-refractivity contribution in [1.29, 1.82) is 0 Å². The summed E-state index contributed by atoms with van der Waals surface area (Å²) in [4.78, 5) is 9.17. The van der Waals surface area contributed by atoms with Crippen LogP contribution in [0.5, 0.6) is 0 Å². The normalized spacial score (nSPS) is 4.33. The van der Waals surface area contributed by atoms with E-state index in [0.717, 1.165) is 0 Å². The van der Waals surface area contributed by atoms with Crippen molar-refractivity contribution < 1.29 is 66.8 Å². The van der Waals surface area contributed by atoms with Gasteiger partial charge in [-0.05, 0) is 0 Å². The molecule has 0 spiro atoms. The zero-order valence-electron chi connectivity index (χ0n) is 5.80. The third-order valence-electron chi connectivity index (χ3n) is 0. The van der Waals surface area contributed by atoms with E-state index < -0.39 is 4.45 Å². The maximum absolute atomic E-state index is 9.17. The van der Waals surface area contributed by atoms with Crippen molar-refractivity contribution in [2.45, 2.75) is 0 Å². The molecule has 0 aromatic carbocycles. The first-order valence-electron chi connectivity index (χ1n) is 0.651. The van der Waals surface area contributed by atoms with Crippen molar-refractivity contribution in [2.24, 2.45) is 0 Å². The van der Waals surface area contributed by atoms with Crippen molar-refractivity contribution in [3.8, 4) is 0 Å².